The van der Waals surface area contributed by atoms with Gasteiger partial charge >= 0.3 is 0 Å². The molecule has 0 unspecified atom stereocenters. The van der Waals surface area contributed by atoms with Crippen molar-refractivity contribution in [3.8, 4) is 11.5 Å². The Labute approximate surface area is 131 Å². The van der Waals surface area contributed by atoms with E-state index in [2.05, 4.69) is 12.1 Å². The van der Waals surface area contributed by atoms with Crippen molar-refractivity contribution in [3.05, 3.63) is 59.2 Å². The molecule has 0 bridgehead atoms. The van der Waals surface area contributed by atoms with Crippen molar-refractivity contribution in [2.45, 2.75) is 25.7 Å². The molecule has 0 aliphatic rings. The number of phenolic OH excluding ortho intramolecular Hbond substituents is 2. The van der Waals surface area contributed by atoms with Gasteiger partial charge in [-0.15, -0.1) is 0 Å². The van der Waals surface area contributed by atoms with E-state index in [9.17, 15) is 10.2 Å². The molecule has 0 saturated heterocycles. The molecular weight excluding hydrogens is 276 g/mol. The molecule has 2 rings (SSSR count). The fraction of sp³-hybridized carbons (Fsp3) is 0.263. The zero-order valence-corrected chi connectivity index (χ0v) is 12.6. The van der Waals surface area contributed by atoms with E-state index in [-0.39, 0.29) is 18.1 Å². The quantitative estimate of drug-likeness (QED) is 0.535. The van der Waals surface area contributed by atoms with Crippen molar-refractivity contribution in [2.24, 2.45) is 0 Å². The topological polar surface area (TPSA) is 60.7 Å². The highest BCUT2D eigenvalue weighted by Gasteiger charge is 2.02. The summed E-state index contributed by atoms with van der Waals surface area (Å²) in [5.74, 6) is 0.132. The molecule has 0 saturated carbocycles. The third kappa shape index (κ3) is 4.64. The fourth-order valence-corrected chi connectivity index (χ4v) is 2.36. The number of aliphatic hydroxyl groups excluding tert-OH is 1. The van der Waals surface area contributed by atoms with E-state index < -0.39 is 0 Å². The van der Waals surface area contributed by atoms with Gasteiger partial charge < -0.3 is 15.3 Å². The molecule has 2 aromatic rings. The molecule has 0 radical (unpaired) electrons. The summed E-state index contributed by atoms with van der Waals surface area (Å²) >= 11 is 0. The Bertz CT molecular complexity index is 612. The van der Waals surface area contributed by atoms with Gasteiger partial charge in [0.2, 0.25) is 0 Å². The van der Waals surface area contributed by atoms with Gasteiger partial charge in [0.05, 0.1) is 5.56 Å². The van der Waals surface area contributed by atoms with Crippen molar-refractivity contribution in [1.82, 2.24) is 0 Å². The lowest BCUT2D eigenvalue weighted by molar-refractivity contribution is 0.283. The first kappa shape index (κ1) is 16.1. The smallest absolute Gasteiger partial charge is 0.126 e. The van der Waals surface area contributed by atoms with Gasteiger partial charge in [-0.25, -0.2) is 0 Å². The van der Waals surface area contributed by atoms with Crippen LogP contribution in [0.2, 0.25) is 0 Å². The highest BCUT2D eigenvalue weighted by Crippen LogP contribution is 2.28. The normalized spacial score (nSPS) is 11.1. The second-order valence-corrected chi connectivity index (χ2v) is 5.32. The van der Waals surface area contributed by atoms with Crippen LogP contribution in [0.25, 0.3) is 12.2 Å². The number of hydrogen-bond donors (Lipinski definition) is 3. The van der Waals surface area contributed by atoms with Gasteiger partial charge in [0, 0.05) is 6.61 Å². The largest absolute Gasteiger partial charge is 0.507 e. The second kappa shape index (κ2) is 8.25. The van der Waals surface area contributed by atoms with Gasteiger partial charge in [-0.2, -0.15) is 0 Å². The third-order valence-electron chi connectivity index (χ3n) is 3.58. The maximum absolute atomic E-state index is 9.76. The number of phenols is 2. The van der Waals surface area contributed by atoms with Crippen LogP contribution >= 0.6 is 0 Å². The van der Waals surface area contributed by atoms with E-state index in [1.54, 1.807) is 24.3 Å². The zero-order chi connectivity index (χ0) is 15.8. The molecule has 2 aromatic carbocycles. The first-order valence-corrected chi connectivity index (χ1v) is 7.59. The third-order valence-corrected chi connectivity index (χ3v) is 3.58. The number of hydrogen-bond acceptors (Lipinski definition) is 3. The van der Waals surface area contributed by atoms with Crippen LogP contribution in [0.1, 0.15) is 36.0 Å². The van der Waals surface area contributed by atoms with Gasteiger partial charge in [-0.3, -0.25) is 0 Å². The van der Waals surface area contributed by atoms with Crippen LogP contribution in [0.5, 0.6) is 11.5 Å². The predicted molar refractivity (Wildman–Crippen MR) is 89.8 cm³/mol. The van der Waals surface area contributed by atoms with Gasteiger partial charge in [0.1, 0.15) is 11.5 Å². The Morgan fingerprint density at radius 1 is 0.818 bits per heavy atom. The standard InChI is InChI=1S/C19H22O3/c20-13-3-1-2-6-15-7-4-8-16(14-15)11-12-17-18(21)9-5-10-19(17)22/h4-5,7-12,14,20-22H,1-3,6,13H2. The van der Waals surface area contributed by atoms with Crippen molar-refractivity contribution >= 4 is 12.2 Å². The summed E-state index contributed by atoms with van der Waals surface area (Å²) in [6.45, 7) is 0.257. The number of aliphatic hydroxyl groups is 1. The summed E-state index contributed by atoms with van der Waals surface area (Å²) in [7, 11) is 0. The molecule has 116 valence electrons. The van der Waals surface area contributed by atoms with Crippen LogP contribution in [0.3, 0.4) is 0 Å². The molecule has 0 aliphatic heterocycles. The number of benzene rings is 2. The highest BCUT2D eigenvalue weighted by atomic mass is 16.3. The van der Waals surface area contributed by atoms with Gasteiger partial charge in [-0.05, 0) is 48.6 Å². The molecule has 3 nitrogen and oxygen atoms in total. The van der Waals surface area contributed by atoms with Crippen LogP contribution in [0, 0.1) is 0 Å². The zero-order valence-electron chi connectivity index (χ0n) is 12.6. The maximum atomic E-state index is 9.76. The Morgan fingerprint density at radius 3 is 2.27 bits per heavy atom. The summed E-state index contributed by atoms with van der Waals surface area (Å²) in [4.78, 5) is 0. The van der Waals surface area contributed by atoms with Gasteiger partial charge in [-0.1, -0.05) is 42.8 Å². The minimum absolute atomic E-state index is 0.0661. The van der Waals surface area contributed by atoms with Crippen molar-refractivity contribution in [2.75, 3.05) is 6.61 Å². The first-order chi connectivity index (χ1) is 10.7. The second-order valence-electron chi connectivity index (χ2n) is 5.32. The Morgan fingerprint density at radius 2 is 1.55 bits per heavy atom. The van der Waals surface area contributed by atoms with E-state index in [1.807, 2.05) is 18.2 Å². The van der Waals surface area contributed by atoms with Crippen LogP contribution < -0.4 is 0 Å². The minimum atomic E-state index is 0.0661. The highest BCUT2D eigenvalue weighted by molar-refractivity contribution is 5.75. The summed E-state index contributed by atoms with van der Waals surface area (Å²) in [6, 6.07) is 12.9. The van der Waals surface area contributed by atoms with Crippen molar-refractivity contribution in [3.63, 3.8) is 0 Å². The van der Waals surface area contributed by atoms with E-state index in [0.717, 1.165) is 31.2 Å². The summed E-state index contributed by atoms with van der Waals surface area (Å²) < 4.78 is 0. The predicted octanol–water partition coefficient (Wildman–Crippen LogP) is 3.97. The maximum Gasteiger partial charge on any atom is 0.126 e. The lowest BCUT2D eigenvalue weighted by Crippen LogP contribution is -1.88. The number of aryl methyl sites for hydroxylation is 1. The lowest BCUT2D eigenvalue weighted by Gasteiger charge is -2.04. The van der Waals surface area contributed by atoms with Crippen LogP contribution in [-0.4, -0.2) is 21.9 Å². The molecule has 0 aromatic heterocycles. The van der Waals surface area contributed by atoms with Gasteiger partial charge in [0.15, 0.2) is 0 Å². The van der Waals surface area contributed by atoms with E-state index in [1.165, 1.54) is 5.56 Å². The van der Waals surface area contributed by atoms with Crippen molar-refractivity contribution in [1.29, 1.82) is 0 Å². The fourth-order valence-electron chi connectivity index (χ4n) is 2.36. The molecule has 3 heteroatoms. The summed E-state index contributed by atoms with van der Waals surface area (Å²) in [5, 5.41) is 28.3. The summed E-state index contributed by atoms with van der Waals surface area (Å²) in [5.41, 5.74) is 2.71. The average Bonchev–Trinajstić information content (AvgIpc) is 2.52. The molecular formula is C19H22O3. The molecule has 0 aliphatic carbocycles. The monoisotopic (exact) mass is 298 g/mol. The van der Waals surface area contributed by atoms with E-state index in [4.69, 9.17) is 5.11 Å². The Balaban J connectivity index is 2.05. The summed E-state index contributed by atoms with van der Waals surface area (Å²) in [6.07, 6.45) is 7.54. The molecule has 0 fully saturated rings. The molecule has 0 amide bonds. The average molecular weight is 298 g/mol. The number of rotatable bonds is 7. The number of aromatic hydroxyl groups is 2. The van der Waals surface area contributed by atoms with Crippen LogP contribution in [0.4, 0.5) is 0 Å². The number of unbranched alkanes of at least 4 members (excludes halogenated alkanes) is 2. The van der Waals surface area contributed by atoms with E-state index in [0.29, 0.717) is 5.56 Å². The minimum Gasteiger partial charge on any atom is -0.507 e. The van der Waals surface area contributed by atoms with Gasteiger partial charge in [0.25, 0.3) is 0 Å². The SMILES string of the molecule is OCCCCCc1cccc(C=Cc2c(O)cccc2O)c1. The molecule has 3 N–H and O–H groups in total. The molecule has 22 heavy (non-hydrogen) atoms. The molecule has 0 spiro atoms. The molecule has 0 heterocycles. The first-order valence-electron chi connectivity index (χ1n) is 7.59. The van der Waals surface area contributed by atoms with E-state index >= 15 is 0 Å². The van der Waals surface area contributed by atoms with Crippen LogP contribution in [0.15, 0.2) is 42.5 Å². The molecule has 0 atom stereocenters. The lowest BCUT2D eigenvalue weighted by atomic mass is 10.0. The Kier molecular flexibility index (Phi) is 6.04. The Hall–Kier alpha value is -2.26. The van der Waals surface area contributed by atoms with Crippen molar-refractivity contribution < 1.29 is 15.3 Å². The van der Waals surface area contributed by atoms with Crippen LogP contribution in [-0.2, 0) is 6.42 Å².